The number of nitrogens with zero attached hydrogens (tertiary/aromatic N) is 1. The molecule has 3 rings (SSSR count). The van der Waals surface area contributed by atoms with E-state index < -0.39 is 6.10 Å². The summed E-state index contributed by atoms with van der Waals surface area (Å²) >= 11 is 12.3. The zero-order chi connectivity index (χ0) is 18.5. The zero-order valence-electron chi connectivity index (χ0n) is 14.6. The minimum Gasteiger partial charge on any atom is -0.479 e. The minimum absolute atomic E-state index is 0.124. The molecule has 26 heavy (non-hydrogen) atoms. The van der Waals surface area contributed by atoms with Gasteiger partial charge in [0, 0.05) is 23.3 Å². The fourth-order valence-corrected chi connectivity index (χ4v) is 3.47. The van der Waals surface area contributed by atoms with E-state index in [2.05, 4.69) is 5.32 Å². The summed E-state index contributed by atoms with van der Waals surface area (Å²) in [6.45, 7) is 3.30. The monoisotopic (exact) mass is 392 g/mol. The quantitative estimate of drug-likeness (QED) is 0.783. The molecule has 2 aromatic rings. The number of amides is 1. The molecule has 0 spiro atoms. The third-order valence-electron chi connectivity index (χ3n) is 4.44. The number of rotatable bonds is 6. The fraction of sp³-hybridized carbons (Fsp3) is 0.350. The predicted molar refractivity (Wildman–Crippen MR) is 106 cm³/mol. The maximum absolute atomic E-state index is 13.1. The average Bonchev–Trinajstić information content (AvgIpc) is 3.14. The van der Waals surface area contributed by atoms with Crippen molar-refractivity contribution in [1.29, 1.82) is 0 Å². The molecule has 4 nitrogen and oxygen atoms in total. The van der Waals surface area contributed by atoms with Crippen molar-refractivity contribution >= 4 is 34.8 Å². The molecule has 1 unspecified atom stereocenters. The first-order chi connectivity index (χ1) is 12.5. The van der Waals surface area contributed by atoms with Gasteiger partial charge in [-0.25, -0.2) is 0 Å². The van der Waals surface area contributed by atoms with Gasteiger partial charge in [0.2, 0.25) is 0 Å². The maximum atomic E-state index is 13.1. The number of para-hydroxylation sites is 1. The van der Waals surface area contributed by atoms with E-state index in [0.717, 1.165) is 25.1 Å². The third kappa shape index (κ3) is 4.70. The molecule has 1 aliphatic rings. The van der Waals surface area contributed by atoms with Crippen molar-refractivity contribution in [3.05, 3.63) is 58.6 Å². The lowest BCUT2D eigenvalue weighted by Gasteiger charge is -2.29. The maximum Gasteiger partial charge on any atom is 0.267 e. The number of carbonyl (C=O) groups excluding carboxylic acids is 1. The molecule has 2 aromatic carbocycles. The van der Waals surface area contributed by atoms with Gasteiger partial charge in [0.05, 0.1) is 5.02 Å². The number of anilines is 1. The highest BCUT2D eigenvalue weighted by molar-refractivity contribution is 6.32. The number of carbonyl (C=O) groups is 1. The van der Waals surface area contributed by atoms with Gasteiger partial charge in [-0.1, -0.05) is 41.4 Å². The second-order valence-corrected chi connectivity index (χ2v) is 7.26. The molecule has 1 aliphatic heterocycles. The van der Waals surface area contributed by atoms with Crippen molar-refractivity contribution in [2.75, 3.05) is 18.0 Å². The normalized spacial score (nSPS) is 17.7. The largest absolute Gasteiger partial charge is 0.479 e. The molecule has 0 aliphatic carbocycles. The Morgan fingerprint density at radius 1 is 1.27 bits per heavy atom. The number of nitrogens with one attached hydrogen (secondary N) is 1. The molecule has 6 heteroatoms. The van der Waals surface area contributed by atoms with E-state index in [0.29, 0.717) is 22.3 Å². The molecule has 1 fully saturated rings. The minimum atomic E-state index is -0.671. The molecule has 0 radical (unpaired) electrons. The number of halogens is 2. The molecule has 2 atom stereocenters. The van der Waals surface area contributed by atoms with Crippen LogP contribution in [0.5, 0.6) is 5.75 Å². The van der Waals surface area contributed by atoms with Gasteiger partial charge in [-0.05, 0) is 56.6 Å². The summed E-state index contributed by atoms with van der Waals surface area (Å²) in [5, 5.41) is 4.52. The lowest BCUT2D eigenvalue weighted by molar-refractivity contribution is -0.124. The first-order valence-corrected chi connectivity index (χ1v) is 9.51. The van der Waals surface area contributed by atoms with E-state index in [-0.39, 0.29) is 11.9 Å². The van der Waals surface area contributed by atoms with Crippen LogP contribution in [0, 0.1) is 0 Å². The first kappa shape index (κ1) is 19.0. The van der Waals surface area contributed by atoms with E-state index in [1.54, 1.807) is 36.1 Å². The Labute approximate surface area is 164 Å². The van der Waals surface area contributed by atoms with Crippen LogP contribution in [-0.2, 0) is 4.79 Å². The van der Waals surface area contributed by atoms with Crippen LogP contribution in [0.15, 0.2) is 48.5 Å². The first-order valence-electron chi connectivity index (χ1n) is 8.76. The summed E-state index contributed by atoms with van der Waals surface area (Å²) in [7, 11) is 0. The Morgan fingerprint density at radius 3 is 2.77 bits per heavy atom. The van der Waals surface area contributed by atoms with Crippen LogP contribution in [0.2, 0.25) is 10.0 Å². The van der Waals surface area contributed by atoms with E-state index in [4.69, 9.17) is 27.9 Å². The van der Waals surface area contributed by atoms with Crippen LogP contribution < -0.4 is 15.0 Å². The standard InChI is InChI=1S/C20H22Cl2N2O2/c1-14(26-19-10-3-2-9-18(19)22)20(25)24(13-16-7-5-11-23-16)17-8-4-6-15(21)12-17/h2-4,6,8-10,12,14,16,23H,5,7,11,13H2,1H3/t14?,16-/m1/s1. The summed E-state index contributed by atoms with van der Waals surface area (Å²) in [6, 6.07) is 14.8. The number of hydrogen-bond acceptors (Lipinski definition) is 3. The van der Waals surface area contributed by atoms with Gasteiger partial charge in [-0.2, -0.15) is 0 Å². The number of benzene rings is 2. The Hall–Kier alpha value is -1.75. The Morgan fingerprint density at radius 2 is 2.08 bits per heavy atom. The molecule has 1 N–H and O–H groups in total. The summed E-state index contributed by atoms with van der Waals surface area (Å²) in [5.74, 6) is 0.376. The highest BCUT2D eigenvalue weighted by atomic mass is 35.5. The SMILES string of the molecule is CC(Oc1ccccc1Cl)C(=O)N(C[C@H]1CCCN1)c1cccc(Cl)c1. The highest BCUT2D eigenvalue weighted by Crippen LogP contribution is 2.26. The molecule has 1 amide bonds. The fourth-order valence-electron chi connectivity index (χ4n) is 3.10. The summed E-state index contributed by atoms with van der Waals surface area (Å²) in [6.07, 6.45) is 1.49. The van der Waals surface area contributed by atoms with Crippen molar-refractivity contribution in [2.24, 2.45) is 0 Å². The second-order valence-electron chi connectivity index (χ2n) is 6.41. The van der Waals surface area contributed by atoms with Crippen LogP contribution in [-0.4, -0.2) is 31.1 Å². The smallest absolute Gasteiger partial charge is 0.267 e. The van der Waals surface area contributed by atoms with E-state index >= 15 is 0 Å². The molecule has 0 bridgehead atoms. The summed E-state index contributed by atoms with van der Waals surface area (Å²) < 4.78 is 5.83. The molecule has 1 heterocycles. The lowest BCUT2D eigenvalue weighted by Crippen LogP contribution is -2.46. The molecular weight excluding hydrogens is 371 g/mol. The van der Waals surface area contributed by atoms with E-state index in [1.165, 1.54) is 0 Å². The molecule has 0 aromatic heterocycles. The third-order valence-corrected chi connectivity index (χ3v) is 4.99. The van der Waals surface area contributed by atoms with Gasteiger partial charge in [0.1, 0.15) is 5.75 Å². The molecular formula is C20H22Cl2N2O2. The number of ether oxygens (including phenoxy) is 1. The molecule has 1 saturated heterocycles. The van der Waals surface area contributed by atoms with Gasteiger partial charge < -0.3 is 15.0 Å². The van der Waals surface area contributed by atoms with Crippen LogP contribution in [0.1, 0.15) is 19.8 Å². The highest BCUT2D eigenvalue weighted by Gasteiger charge is 2.27. The zero-order valence-corrected chi connectivity index (χ0v) is 16.1. The van der Waals surface area contributed by atoms with Crippen molar-refractivity contribution in [3.63, 3.8) is 0 Å². The number of hydrogen-bond donors (Lipinski definition) is 1. The summed E-state index contributed by atoms with van der Waals surface area (Å²) in [4.78, 5) is 14.9. The van der Waals surface area contributed by atoms with Crippen molar-refractivity contribution in [2.45, 2.75) is 31.9 Å². The van der Waals surface area contributed by atoms with Gasteiger partial charge in [-0.15, -0.1) is 0 Å². The second kappa shape index (κ2) is 8.76. The molecule has 138 valence electrons. The van der Waals surface area contributed by atoms with E-state index in [9.17, 15) is 4.79 Å². The van der Waals surface area contributed by atoms with Gasteiger partial charge in [-0.3, -0.25) is 4.79 Å². The van der Waals surface area contributed by atoms with Crippen molar-refractivity contribution in [1.82, 2.24) is 5.32 Å². The van der Waals surface area contributed by atoms with Gasteiger partial charge in [0.25, 0.3) is 5.91 Å². The van der Waals surface area contributed by atoms with Crippen LogP contribution in [0.25, 0.3) is 0 Å². The van der Waals surface area contributed by atoms with Crippen molar-refractivity contribution in [3.8, 4) is 5.75 Å². The van der Waals surface area contributed by atoms with Crippen molar-refractivity contribution < 1.29 is 9.53 Å². The van der Waals surface area contributed by atoms with Crippen LogP contribution >= 0.6 is 23.2 Å². The Kier molecular flexibility index (Phi) is 6.41. The van der Waals surface area contributed by atoms with Gasteiger partial charge in [0.15, 0.2) is 6.10 Å². The lowest BCUT2D eigenvalue weighted by atomic mass is 10.1. The van der Waals surface area contributed by atoms with E-state index in [1.807, 2.05) is 24.3 Å². The van der Waals surface area contributed by atoms with Crippen LogP contribution in [0.4, 0.5) is 5.69 Å². The molecule has 0 saturated carbocycles. The van der Waals surface area contributed by atoms with Crippen LogP contribution in [0.3, 0.4) is 0 Å². The average molecular weight is 393 g/mol. The summed E-state index contributed by atoms with van der Waals surface area (Å²) in [5.41, 5.74) is 0.769. The van der Waals surface area contributed by atoms with Gasteiger partial charge >= 0.3 is 0 Å². The Balaban J connectivity index is 1.80. The topological polar surface area (TPSA) is 41.6 Å². The predicted octanol–water partition coefficient (Wildman–Crippen LogP) is 4.55. The Bertz CT molecular complexity index is 763.